The number of rotatable bonds is 4. The molecule has 0 aromatic carbocycles. The van der Waals surface area contributed by atoms with E-state index in [1.54, 1.807) is 36.9 Å². The van der Waals surface area contributed by atoms with Crippen LogP contribution in [0.5, 0.6) is 5.88 Å². The lowest BCUT2D eigenvalue weighted by atomic mass is 10.0. The van der Waals surface area contributed by atoms with Crippen LogP contribution < -0.4 is 16.0 Å². The number of halogens is 2. The molecule has 0 aliphatic carbocycles. The van der Waals surface area contributed by atoms with Gasteiger partial charge in [-0.25, -0.2) is 29.2 Å². The van der Waals surface area contributed by atoms with E-state index < -0.39 is 23.8 Å². The third-order valence-corrected chi connectivity index (χ3v) is 4.77. The largest absolute Gasteiger partial charge is 0.479 e. The number of pyridine rings is 2. The number of aryl methyl sites for hydroxylation is 1. The fraction of sp³-hybridized carbons (Fsp3) is 0.263. The van der Waals surface area contributed by atoms with Crippen LogP contribution in [0.2, 0.25) is 0 Å². The van der Waals surface area contributed by atoms with Crippen molar-refractivity contribution < 1.29 is 18.4 Å². The van der Waals surface area contributed by atoms with E-state index in [0.717, 1.165) is 12.5 Å². The van der Waals surface area contributed by atoms with Gasteiger partial charge in [-0.2, -0.15) is 0 Å². The Balaban J connectivity index is 1.82. The second-order valence-corrected chi connectivity index (χ2v) is 6.66. The summed E-state index contributed by atoms with van der Waals surface area (Å²) < 4.78 is 35.3. The van der Waals surface area contributed by atoms with Gasteiger partial charge in [0, 0.05) is 18.8 Å². The molecular formula is C19H19F2N7O2. The van der Waals surface area contributed by atoms with Gasteiger partial charge in [0.15, 0.2) is 17.5 Å². The van der Waals surface area contributed by atoms with E-state index in [-0.39, 0.29) is 11.3 Å². The highest BCUT2D eigenvalue weighted by Gasteiger charge is 2.31. The van der Waals surface area contributed by atoms with Crippen LogP contribution in [0.3, 0.4) is 0 Å². The van der Waals surface area contributed by atoms with Crippen LogP contribution in [0.4, 0.5) is 14.5 Å². The number of hydroxylamine groups is 1. The molecule has 3 aromatic rings. The molecule has 1 aliphatic rings. The molecule has 2 atom stereocenters. The molecule has 4 heterocycles. The molecule has 4 rings (SSSR count). The quantitative estimate of drug-likeness (QED) is 0.500. The Labute approximate surface area is 170 Å². The monoisotopic (exact) mass is 415 g/mol. The maximum absolute atomic E-state index is 14.6. The predicted octanol–water partition coefficient (Wildman–Crippen LogP) is 2.28. The SMILES string of the molecule is COc1nc(C2=NC(c3cn(C)c4ncc(F)c(F)c34)C(C)ON2)ccc1N=CN. The normalized spacial score (nSPS) is 19.2. The summed E-state index contributed by atoms with van der Waals surface area (Å²) in [6, 6.07) is 2.70. The van der Waals surface area contributed by atoms with Crippen LogP contribution in [-0.2, 0) is 11.9 Å². The topological polar surface area (TPSA) is 112 Å². The molecule has 0 bridgehead atoms. The number of hydrogen-bond donors (Lipinski definition) is 2. The maximum Gasteiger partial charge on any atom is 0.240 e. The van der Waals surface area contributed by atoms with Gasteiger partial charge in [-0.3, -0.25) is 9.83 Å². The Morgan fingerprint density at radius 2 is 2.17 bits per heavy atom. The molecule has 0 fully saturated rings. The summed E-state index contributed by atoms with van der Waals surface area (Å²) in [5, 5.41) is 0.0705. The highest BCUT2D eigenvalue weighted by atomic mass is 19.2. The molecule has 156 valence electrons. The molecule has 9 nitrogen and oxygen atoms in total. The van der Waals surface area contributed by atoms with Crippen LogP contribution in [0.15, 0.2) is 34.5 Å². The van der Waals surface area contributed by atoms with E-state index in [0.29, 0.717) is 28.4 Å². The fourth-order valence-corrected chi connectivity index (χ4v) is 3.36. The van der Waals surface area contributed by atoms with Crippen molar-refractivity contribution in [2.75, 3.05) is 7.11 Å². The highest BCUT2D eigenvalue weighted by Crippen LogP contribution is 2.35. The van der Waals surface area contributed by atoms with Crippen LogP contribution in [0.1, 0.15) is 24.2 Å². The first-order valence-corrected chi connectivity index (χ1v) is 9.02. The first-order valence-electron chi connectivity index (χ1n) is 9.02. The number of nitrogens with two attached hydrogens (primary N) is 1. The first kappa shape index (κ1) is 19.7. The lowest BCUT2D eigenvalue weighted by molar-refractivity contribution is -0.00456. The van der Waals surface area contributed by atoms with E-state index in [2.05, 4.69) is 25.4 Å². The van der Waals surface area contributed by atoms with Gasteiger partial charge in [0.1, 0.15) is 29.2 Å². The molecule has 30 heavy (non-hydrogen) atoms. The van der Waals surface area contributed by atoms with Crippen molar-refractivity contribution in [3.63, 3.8) is 0 Å². The van der Waals surface area contributed by atoms with Crippen molar-refractivity contribution in [1.82, 2.24) is 20.0 Å². The molecule has 11 heteroatoms. The smallest absolute Gasteiger partial charge is 0.240 e. The van der Waals surface area contributed by atoms with E-state index in [1.807, 2.05) is 0 Å². The second kappa shape index (κ2) is 7.67. The zero-order chi connectivity index (χ0) is 21.4. The van der Waals surface area contributed by atoms with E-state index in [1.165, 1.54) is 7.11 Å². The van der Waals surface area contributed by atoms with Gasteiger partial charge < -0.3 is 15.0 Å². The number of aromatic nitrogens is 3. The number of nitrogens with zero attached hydrogens (tertiary/aromatic N) is 5. The van der Waals surface area contributed by atoms with Gasteiger partial charge in [-0.15, -0.1) is 0 Å². The van der Waals surface area contributed by atoms with Gasteiger partial charge >= 0.3 is 0 Å². The van der Waals surface area contributed by atoms with Crippen LogP contribution in [0, 0.1) is 11.6 Å². The Kier molecular flexibility index (Phi) is 5.04. The van der Waals surface area contributed by atoms with Crippen molar-refractivity contribution in [3.8, 4) is 5.88 Å². The lowest BCUT2D eigenvalue weighted by Crippen LogP contribution is -2.38. The number of methoxy groups -OCH3 is 1. The van der Waals surface area contributed by atoms with E-state index in [4.69, 9.17) is 15.3 Å². The number of hydrogen-bond acceptors (Lipinski definition) is 7. The van der Waals surface area contributed by atoms with Crippen molar-refractivity contribution in [2.45, 2.75) is 19.1 Å². The average Bonchev–Trinajstić information content (AvgIpc) is 3.08. The summed E-state index contributed by atoms with van der Waals surface area (Å²) >= 11 is 0. The van der Waals surface area contributed by atoms with Gasteiger partial charge in [0.25, 0.3) is 0 Å². The summed E-state index contributed by atoms with van der Waals surface area (Å²) in [5.41, 5.74) is 9.73. The van der Waals surface area contributed by atoms with Crippen molar-refractivity contribution in [2.24, 2.45) is 22.8 Å². The minimum absolute atomic E-state index is 0.0705. The first-order chi connectivity index (χ1) is 14.4. The number of fused-ring (bicyclic) bond motifs is 1. The molecule has 0 saturated carbocycles. The predicted molar refractivity (Wildman–Crippen MR) is 107 cm³/mol. The average molecular weight is 415 g/mol. The van der Waals surface area contributed by atoms with E-state index >= 15 is 0 Å². The van der Waals surface area contributed by atoms with Crippen molar-refractivity contribution >= 4 is 28.9 Å². The number of nitrogens with one attached hydrogen (secondary N) is 1. The summed E-state index contributed by atoms with van der Waals surface area (Å²) in [4.78, 5) is 22.6. The second-order valence-electron chi connectivity index (χ2n) is 6.66. The van der Waals surface area contributed by atoms with E-state index in [9.17, 15) is 8.78 Å². The zero-order valence-corrected chi connectivity index (χ0v) is 16.4. The highest BCUT2D eigenvalue weighted by molar-refractivity contribution is 5.97. The molecule has 3 aromatic heterocycles. The Hall–Kier alpha value is -3.60. The standard InChI is InChI=1S/C19H19F2N7O2/c1-9-16(10-7-28(2)18-14(10)15(21)11(20)6-23-18)26-17(27-30-9)12-4-5-13(24-8-22)19(25-12)29-3/h4-9,16H,1-3H3,(H2,22,24)(H,26,27). The fourth-order valence-electron chi connectivity index (χ4n) is 3.36. The third kappa shape index (κ3) is 3.22. The number of amidine groups is 1. The Morgan fingerprint density at radius 3 is 2.90 bits per heavy atom. The van der Waals surface area contributed by atoms with Crippen molar-refractivity contribution in [1.29, 1.82) is 0 Å². The molecule has 0 radical (unpaired) electrons. The van der Waals surface area contributed by atoms with Gasteiger partial charge in [-0.1, -0.05) is 0 Å². The molecule has 0 spiro atoms. The third-order valence-electron chi connectivity index (χ3n) is 4.77. The zero-order valence-electron chi connectivity index (χ0n) is 16.4. The summed E-state index contributed by atoms with van der Waals surface area (Å²) in [6.07, 6.45) is 3.20. The van der Waals surface area contributed by atoms with Gasteiger partial charge in [0.2, 0.25) is 5.88 Å². The van der Waals surface area contributed by atoms with Crippen LogP contribution >= 0.6 is 0 Å². The van der Waals surface area contributed by atoms with Crippen LogP contribution in [-0.4, -0.2) is 39.9 Å². The van der Waals surface area contributed by atoms with Gasteiger partial charge in [0.05, 0.1) is 25.0 Å². The minimum atomic E-state index is -1.02. The Morgan fingerprint density at radius 1 is 1.37 bits per heavy atom. The molecule has 1 aliphatic heterocycles. The molecule has 2 unspecified atom stereocenters. The summed E-state index contributed by atoms with van der Waals surface area (Å²) in [7, 11) is 3.16. The van der Waals surface area contributed by atoms with Crippen LogP contribution in [0.25, 0.3) is 11.0 Å². The molecule has 3 N–H and O–H groups in total. The number of aliphatic imine (C=N–C) groups is 2. The molecular weight excluding hydrogens is 396 g/mol. The lowest BCUT2D eigenvalue weighted by Gasteiger charge is -2.27. The Bertz CT molecular complexity index is 1180. The summed E-state index contributed by atoms with van der Waals surface area (Å²) in [5.74, 6) is -1.44. The maximum atomic E-state index is 14.6. The molecule has 0 saturated heterocycles. The van der Waals surface area contributed by atoms with Crippen molar-refractivity contribution in [3.05, 3.63) is 47.4 Å². The summed E-state index contributed by atoms with van der Waals surface area (Å²) in [6.45, 7) is 1.77. The number of ether oxygens (including phenoxy) is 1. The van der Waals surface area contributed by atoms with Gasteiger partial charge in [-0.05, 0) is 19.1 Å². The minimum Gasteiger partial charge on any atom is -0.479 e. The molecule has 0 amide bonds.